The Balaban J connectivity index is 2.00. The standard InChI is InChI=1S/C20H21ClO4/c1-4-24-11-14-10-16(21)20-18(19(14)22)12(2)17(25-20)9-13-5-7-15(23-3)8-6-13/h5-8,10,22H,4,9,11H2,1-3H3. The lowest BCUT2D eigenvalue weighted by Gasteiger charge is -2.07. The number of halogens is 1. The molecule has 25 heavy (non-hydrogen) atoms. The fourth-order valence-corrected chi connectivity index (χ4v) is 3.15. The predicted octanol–water partition coefficient (Wildman–Crippen LogP) is 5.24. The average molecular weight is 361 g/mol. The van der Waals surface area contributed by atoms with Crippen LogP contribution in [-0.2, 0) is 17.8 Å². The Morgan fingerprint density at radius 3 is 2.56 bits per heavy atom. The van der Waals surface area contributed by atoms with Crippen molar-refractivity contribution in [2.75, 3.05) is 13.7 Å². The van der Waals surface area contributed by atoms with Gasteiger partial charge in [0, 0.05) is 24.2 Å². The first-order valence-corrected chi connectivity index (χ1v) is 8.56. The van der Waals surface area contributed by atoms with E-state index in [4.69, 9.17) is 25.5 Å². The van der Waals surface area contributed by atoms with Gasteiger partial charge >= 0.3 is 0 Å². The van der Waals surface area contributed by atoms with E-state index in [2.05, 4.69) is 0 Å². The summed E-state index contributed by atoms with van der Waals surface area (Å²) in [6.45, 7) is 4.73. The van der Waals surface area contributed by atoms with Crippen LogP contribution in [0.3, 0.4) is 0 Å². The van der Waals surface area contributed by atoms with Crippen LogP contribution in [0.15, 0.2) is 34.7 Å². The third-order valence-corrected chi connectivity index (χ3v) is 4.57. The summed E-state index contributed by atoms with van der Waals surface area (Å²) in [6.07, 6.45) is 0.612. The zero-order valence-electron chi connectivity index (χ0n) is 14.6. The Labute approximate surface area is 151 Å². The highest BCUT2D eigenvalue weighted by Crippen LogP contribution is 2.40. The first kappa shape index (κ1) is 17.6. The van der Waals surface area contributed by atoms with E-state index in [1.807, 2.05) is 38.1 Å². The molecule has 0 radical (unpaired) electrons. The van der Waals surface area contributed by atoms with Crippen LogP contribution in [0.2, 0.25) is 5.02 Å². The van der Waals surface area contributed by atoms with E-state index in [-0.39, 0.29) is 5.75 Å². The van der Waals surface area contributed by atoms with Crippen LogP contribution in [0.25, 0.3) is 11.0 Å². The van der Waals surface area contributed by atoms with Crippen molar-refractivity contribution in [2.45, 2.75) is 26.9 Å². The van der Waals surface area contributed by atoms with Gasteiger partial charge in [0.1, 0.15) is 17.3 Å². The normalized spacial score (nSPS) is 11.2. The molecule has 1 N–H and O–H groups in total. The summed E-state index contributed by atoms with van der Waals surface area (Å²) in [5.41, 5.74) is 3.16. The molecule has 2 aromatic carbocycles. The number of hydrogen-bond donors (Lipinski definition) is 1. The molecule has 0 aliphatic heterocycles. The van der Waals surface area contributed by atoms with Gasteiger partial charge in [-0.3, -0.25) is 0 Å². The summed E-state index contributed by atoms with van der Waals surface area (Å²) in [6, 6.07) is 9.52. The summed E-state index contributed by atoms with van der Waals surface area (Å²) >= 11 is 6.36. The number of rotatable bonds is 6. The van der Waals surface area contributed by atoms with E-state index >= 15 is 0 Å². The van der Waals surface area contributed by atoms with E-state index in [1.54, 1.807) is 13.2 Å². The van der Waals surface area contributed by atoms with Crippen LogP contribution in [-0.4, -0.2) is 18.8 Å². The molecule has 0 aliphatic rings. The Morgan fingerprint density at radius 2 is 1.92 bits per heavy atom. The highest BCUT2D eigenvalue weighted by atomic mass is 35.5. The minimum Gasteiger partial charge on any atom is -0.507 e. The maximum atomic E-state index is 10.6. The second kappa shape index (κ2) is 7.38. The van der Waals surface area contributed by atoms with Gasteiger partial charge < -0.3 is 19.0 Å². The Hall–Kier alpha value is -2.17. The molecule has 1 heterocycles. The van der Waals surface area contributed by atoms with Crippen molar-refractivity contribution in [1.29, 1.82) is 0 Å². The second-order valence-corrected chi connectivity index (χ2v) is 6.29. The zero-order chi connectivity index (χ0) is 18.0. The minimum atomic E-state index is 0.176. The first-order valence-electron chi connectivity index (χ1n) is 8.18. The van der Waals surface area contributed by atoms with E-state index in [9.17, 15) is 5.11 Å². The summed E-state index contributed by atoms with van der Waals surface area (Å²) in [5.74, 6) is 1.77. The van der Waals surface area contributed by atoms with Gasteiger partial charge in [-0.2, -0.15) is 0 Å². The number of phenolic OH excluding ortho intramolecular Hbond substituents is 1. The van der Waals surface area contributed by atoms with E-state index in [0.717, 1.165) is 22.6 Å². The van der Waals surface area contributed by atoms with Crippen molar-refractivity contribution in [3.8, 4) is 11.5 Å². The molecule has 0 saturated heterocycles. The second-order valence-electron chi connectivity index (χ2n) is 5.88. The molecule has 132 valence electrons. The SMILES string of the molecule is CCOCc1cc(Cl)c2oc(Cc3ccc(OC)cc3)c(C)c2c1O. The van der Waals surface area contributed by atoms with E-state index in [0.29, 0.717) is 41.2 Å². The molecule has 0 fully saturated rings. The number of benzene rings is 2. The van der Waals surface area contributed by atoms with Gasteiger partial charge in [0.15, 0.2) is 5.58 Å². The molecule has 4 nitrogen and oxygen atoms in total. The quantitative estimate of drug-likeness (QED) is 0.653. The summed E-state index contributed by atoms with van der Waals surface area (Å²) < 4.78 is 16.6. The molecule has 0 saturated carbocycles. The molecular weight excluding hydrogens is 340 g/mol. The lowest BCUT2D eigenvalue weighted by molar-refractivity contribution is 0.132. The number of methoxy groups -OCH3 is 1. The van der Waals surface area contributed by atoms with Gasteiger partial charge in [0.25, 0.3) is 0 Å². The van der Waals surface area contributed by atoms with Crippen molar-refractivity contribution < 1.29 is 19.0 Å². The molecule has 0 spiro atoms. The molecule has 0 unspecified atom stereocenters. The Kier molecular flexibility index (Phi) is 5.21. The van der Waals surface area contributed by atoms with Crippen LogP contribution in [0.4, 0.5) is 0 Å². The van der Waals surface area contributed by atoms with E-state index in [1.165, 1.54) is 0 Å². The van der Waals surface area contributed by atoms with Crippen molar-refractivity contribution in [3.63, 3.8) is 0 Å². The topological polar surface area (TPSA) is 51.8 Å². The lowest BCUT2D eigenvalue weighted by Crippen LogP contribution is -1.93. The van der Waals surface area contributed by atoms with Crippen LogP contribution < -0.4 is 4.74 Å². The number of hydrogen-bond acceptors (Lipinski definition) is 4. The van der Waals surface area contributed by atoms with Crippen LogP contribution in [0, 0.1) is 6.92 Å². The fourth-order valence-electron chi connectivity index (χ4n) is 2.88. The number of aromatic hydroxyl groups is 1. The van der Waals surface area contributed by atoms with Gasteiger partial charge in [-0.1, -0.05) is 23.7 Å². The summed E-state index contributed by atoms with van der Waals surface area (Å²) in [4.78, 5) is 0. The van der Waals surface area contributed by atoms with Crippen molar-refractivity contribution in [2.24, 2.45) is 0 Å². The number of fused-ring (bicyclic) bond motifs is 1. The maximum Gasteiger partial charge on any atom is 0.156 e. The average Bonchev–Trinajstić information content (AvgIpc) is 2.95. The number of aryl methyl sites for hydroxylation is 1. The zero-order valence-corrected chi connectivity index (χ0v) is 15.3. The van der Waals surface area contributed by atoms with Crippen molar-refractivity contribution in [3.05, 3.63) is 57.8 Å². The first-order chi connectivity index (χ1) is 12.0. The number of phenols is 1. The van der Waals surface area contributed by atoms with Crippen molar-refractivity contribution >= 4 is 22.6 Å². The molecule has 5 heteroatoms. The van der Waals surface area contributed by atoms with Crippen LogP contribution in [0.1, 0.15) is 29.4 Å². The maximum absolute atomic E-state index is 10.6. The van der Waals surface area contributed by atoms with Crippen LogP contribution >= 0.6 is 11.6 Å². The van der Waals surface area contributed by atoms with Gasteiger partial charge in [0.2, 0.25) is 0 Å². The Bertz CT molecular complexity index is 881. The lowest BCUT2D eigenvalue weighted by atomic mass is 10.0. The molecule has 0 amide bonds. The van der Waals surface area contributed by atoms with E-state index < -0.39 is 0 Å². The van der Waals surface area contributed by atoms with Gasteiger partial charge in [0.05, 0.1) is 24.1 Å². The highest BCUT2D eigenvalue weighted by molar-refractivity contribution is 6.35. The molecule has 3 rings (SSSR count). The molecule has 0 aliphatic carbocycles. The monoisotopic (exact) mass is 360 g/mol. The van der Waals surface area contributed by atoms with Gasteiger partial charge in [-0.25, -0.2) is 0 Å². The van der Waals surface area contributed by atoms with Gasteiger partial charge in [-0.05, 0) is 37.6 Å². The number of furan rings is 1. The molecule has 3 aromatic rings. The molecular formula is C20H21ClO4. The molecule has 0 bridgehead atoms. The smallest absolute Gasteiger partial charge is 0.156 e. The Morgan fingerprint density at radius 1 is 1.20 bits per heavy atom. The third kappa shape index (κ3) is 3.46. The highest BCUT2D eigenvalue weighted by Gasteiger charge is 2.20. The summed E-state index contributed by atoms with van der Waals surface area (Å²) in [5, 5.41) is 11.8. The minimum absolute atomic E-state index is 0.176. The fraction of sp³-hybridized carbons (Fsp3) is 0.300. The van der Waals surface area contributed by atoms with Gasteiger partial charge in [-0.15, -0.1) is 0 Å². The largest absolute Gasteiger partial charge is 0.507 e. The predicted molar refractivity (Wildman–Crippen MR) is 98.8 cm³/mol. The summed E-state index contributed by atoms with van der Waals surface area (Å²) in [7, 11) is 1.64. The van der Waals surface area contributed by atoms with Crippen molar-refractivity contribution in [1.82, 2.24) is 0 Å². The number of ether oxygens (including phenoxy) is 2. The molecule has 0 atom stereocenters. The third-order valence-electron chi connectivity index (χ3n) is 4.29. The van der Waals surface area contributed by atoms with Crippen LogP contribution in [0.5, 0.6) is 11.5 Å². The molecule has 1 aromatic heterocycles.